The Hall–Kier alpha value is -1.34. The molecule has 1 rings (SSSR count). The molecule has 0 spiro atoms. The maximum Gasteiger partial charge on any atom is 0.321 e. The van der Waals surface area contributed by atoms with Crippen LogP contribution in [-0.4, -0.2) is 30.5 Å². The van der Waals surface area contributed by atoms with Crippen molar-refractivity contribution in [2.24, 2.45) is 5.92 Å². The maximum atomic E-state index is 11.8. The lowest BCUT2D eigenvalue weighted by atomic mass is 10.1. The minimum atomic E-state index is -3.77. The fourth-order valence-electron chi connectivity index (χ4n) is 1.40. The number of carboxylic acids is 1. The molecule has 0 fully saturated rings. The SMILES string of the molecule is CC(C)CC(NS(=O)(=O)c1cc[nH]c1)C(=O)O. The molecule has 0 aromatic carbocycles. The quantitative estimate of drug-likeness (QED) is 0.704. The van der Waals surface area contributed by atoms with E-state index < -0.39 is 22.0 Å². The molecule has 3 N–H and O–H groups in total. The third-order valence-corrected chi connectivity index (χ3v) is 3.65. The van der Waals surface area contributed by atoms with Gasteiger partial charge in [-0.1, -0.05) is 13.8 Å². The molecule has 0 amide bonds. The molecule has 0 aliphatic carbocycles. The predicted octanol–water partition coefficient (Wildman–Crippen LogP) is 0.792. The van der Waals surface area contributed by atoms with Gasteiger partial charge in [0.05, 0.1) is 4.90 Å². The van der Waals surface area contributed by atoms with Gasteiger partial charge in [0.25, 0.3) is 0 Å². The molecule has 1 atom stereocenters. The minimum absolute atomic E-state index is 0.0347. The van der Waals surface area contributed by atoms with Crippen LogP contribution < -0.4 is 4.72 Å². The van der Waals surface area contributed by atoms with Crippen LogP contribution in [0.15, 0.2) is 23.4 Å². The van der Waals surface area contributed by atoms with E-state index in [1.165, 1.54) is 18.5 Å². The van der Waals surface area contributed by atoms with Crippen LogP contribution in [0, 0.1) is 5.92 Å². The van der Waals surface area contributed by atoms with E-state index in [0.29, 0.717) is 0 Å². The average molecular weight is 260 g/mol. The summed E-state index contributed by atoms with van der Waals surface area (Å²) in [5.74, 6) is -1.08. The topological polar surface area (TPSA) is 99.3 Å². The summed E-state index contributed by atoms with van der Waals surface area (Å²) in [5, 5.41) is 8.95. The fraction of sp³-hybridized carbons (Fsp3) is 0.500. The van der Waals surface area contributed by atoms with Crippen LogP contribution in [0.4, 0.5) is 0 Å². The second-order valence-corrected chi connectivity index (χ2v) is 5.90. The van der Waals surface area contributed by atoms with E-state index in [-0.39, 0.29) is 17.2 Å². The summed E-state index contributed by atoms with van der Waals surface area (Å²) in [6, 6.07) is 0.270. The van der Waals surface area contributed by atoms with Crippen LogP contribution in [0.2, 0.25) is 0 Å². The Morgan fingerprint density at radius 1 is 1.53 bits per heavy atom. The van der Waals surface area contributed by atoms with E-state index in [4.69, 9.17) is 5.11 Å². The Morgan fingerprint density at radius 2 is 2.18 bits per heavy atom. The van der Waals surface area contributed by atoms with Crippen LogP contribution in [-0.2, 0) is 14.8 Å². The number of hydrogen-bond acceptors (Lipinski definition) is 3. The molecule has 1 heterocycles. The maximum absolute atomic E-state index is 11.8. The second-order valence-electron chi connectivity index (χ2n) is 4.19. The van der Waals surface area contributed by atoms with Gasteiger partial charge in [-0.3, -0.25) is 4.79 Å². The number of carbonyl (C=O) groups is 1. The summed E-state index contributed by atoms with van der Waals surface area (Å²) in [6.45, 7) is 3.67. The highest BCUT2D eigenvalue weighted by Gasteiger charge is 2.26. The first kappa shape index (κ1) is 13.7. The van der Waals surface area contributed by atoms with Crippen molar-refractivity contribution < 1.29 is 18.3 Å². The smallest absolute Gasteiger partial charge is 0.321 e. The molecule has 96 valence electrons. The number of nitrogens with one attached hydrogen (secondary N) is 2. The average Bonchev–Trinajstić information content (AvgIpc) is 2.68. The van der Waals surface area contributed by atoms with Crippen molar-refractivity contribution in [2.75, 3.05) is 0 Å². The molecule has 6 nitrogen and oxygen atoms in total. The Morgan fingerprint density at radius 3 is 2.59 bits per heavy atom. The van der Waals surface area contributed by atoms with Crippen LogP contribution in [0.25, 0.3) is 0 Å². The van der Waals surface area contributed by atoms with Gasteiger partial charge in [0.15, 0.2) is 0 Å². The van der Waals surface area contributed by atoms with E-state index >= 15 is 0 Å². The monoisotopic (exact) mass is 260 g/mol. The van der Waals surface area contributed by atoms with Gasteiger partial charge in [0, 0.05) is 12.4 Å². The van der Waals surface area contributed by atoms with Crippen molar-refractivity contribution in [3.05, 3.63) is 18.5 Å². The van der Waals surface area contributed by atoms with E-state index in [9.17, 15) is 13.2 Å². The van der Waals surface area contributed by atoms with Crippen molar-refractivity contribution in [2.45, 2.75) is 31.2 Å². The molecule has 1 unspecified atom stereocenters. The first-order chi connectivity index (χ1) is 7.83. The van der Waals surface area contributed by atoms with E-state index in [1.807, 2.05) is 13.8 Å². The second kappa shape index (κ2) is 5.33. The van der Waals surface area contributed by atoms with Crippen LogP contribution in [0.3, 0.4) is 0 Å². The zero-order chi connectivity index (χ0) is 13.1. The molecule has 1 aromatic rings. The van der Waals surface area contributed by atoms with Gasteiger partial charge in [-0.25, -0.2) is 8.42 Å². The molecule has 1 aromatic heterocycles. The van der Waals surface area contributed by atoms with E-state index in [2.05, 4.69) is 9.71 Å². The van der Waals surface area contributed by atoms with Crippen molar-refractivity contribution >= 4 is 16.0 Å². The summed E-state index contributed by atoms with van der Waals surface area (Å²) in [5.41, 5.74) is 0. The molecule has 17 heavy (non-hydrogen) atoms. The Kier molecular flexibility index (Phi) is 4.30. The van der Waals surface area contributed by atoms with Gasteiger partial charge in [-0.05, 0) is 18.4 Å². The largest absolute Gasteiger partial charge is 0.480 e. The highest BCUT2D eigenvalue weighted by molar-refractivity contribution is 7.89. The van der Waals surface area contributed by atoms with Crippen LogP contribution in [0.5, 0.6) is 0 Å². The third-order valence-electron chi connectivity index (χ3n) is 2.18. The molecular formula is C10H16N2O4S. The van der Waals surface area contributed by atoms with Gasteiger partial charge < -0.3 is 10.1 Å². The number of hydrogen-bond donors (Lipinski definition) is 3. The molecule has 0 saturated carbocycles. The summed E-state index contributed by atoms with van der Waals surface area (Å²) in [6.07, 6.45) is 3.02. The molecule has 0 aliphatic rings. The van der Waals surface area contributed by atoms with Gasteiger partial charge in [-0.15, -0.1) is 0 Å². The summed E-state index contributed by atoms with van der Waals surface area (Å²) < 4.78 is 25.8. The van der Waals surface area contributed by atoms with E-state index in [0.717, 1.165) is 0 Å². The number of carboxylic acid groups (broad SMARTS) is 1. The lowest BCUT2D eigenvalue weighted by Gasteiger charge is -2.15. The van der Waals surface area contributed by atoms with Crippen molar-refractivity contribution in [3.63, 3.8) is 0 Å². The Balaban J connectivity index is 2.84. The highest BCUT2D eigenvalue weighted by Crippen LogP contribution is 2.11. The standard InChI is InChI=1S/C10H16N2O4S/c1-7(2)5-9(10(13)14)12-17(15,16)8-3-4-11-6-8/h3-4,6-7,9,11-12H,5H2,1-2H3,(H,13,14). The van der Waals surface area contributed by atoms with Crippen molar-refractivity contribution in [1.29, 1.82) is 0 Å². The van der Waals surface area contributed by atoms with Gasteiger partial charge in [-0.2, -0.15) is 4.72 Å². The highest BCUT2D eigenvalue weighted by atomic mass is 32.2. The van der Waals surface area contributed by atoms with Gasteiger partial charge in [0.1, 0.15) is 6.04 Å². The molecule has 0 radical (unpaired) electrons. The lowest BCUT2D eigenvalue weighted by Crippen LogP contribution is -2.41. The minimum Gasteiger partial charge on any atom is -0.480 e. The van der Waals surface area contributed by atoms with Crippen LogP contribution in [0.1, 0.15) is 20.3 Å². The first-order valence-electron chi connectivity index (χ1n) is 5.21. The normalized spacial score (nSPS) is 13.8. The zero-order valence-corrected chi connectivity index (χ0v) is 10.5. The summed E-state index contributed by atoms with van der Waals surface area (Å²) >= 11 is 0. The fourth-order valence-corrected chi connectivity index (χ4v) is 2.58. The Bertz CT molecular complexity index is 465. The first-order valence-corrected chi connectivity index (χ1v) is 6.69. The van der Waals surface area contributed by atoms with Gasteiger partial charge in [0.2, 0.25) is 10.0 Å². The predicted molar refractivity (Wildman–Crippen MR) is 62.0 cm³/mol. The molecular weight excluding hydrogens is 244 g/mol. The van der Waals surface area contributed by atoms with Crippen molar-refractivity contribution in [3.8, 4) is 0 Å². The molecule has 0 saturated heterocycles. The number of aromatic amines is 1. The number of H-pyrrole nitrogens is 1. The van der Waals surface area contributed by atoms with Crippen LogP contribution >= 0.6 is 0 Å². The number of rotatable bonds is 6. The zero-order valence-electron chi connectivity index (χ0n) is 9.67. The lowest BCUT2D eigenvalue weighted by molar-refractivity contribution is -0.139. The molecule has 0 aliphatic heterocycles. The van der Waals surface area contributed by atoms with Crippen molar-refractivity contribution in [1.82, 2.24) is 9.71 Å². The number of aliphatic carboxylic acids is 1. The summed E-state index contributed by atoms with van der Waals surface area (Å²) in [7, 11) is -3.77. The van der Waals surface area contributed by atoms with E-state index in [1.54, 1.807) is 0 Å². The Labute approximate surface area is 100 Å². The number of sulfonamides is 1. The molecule has 7 heteroatoms. The van der Waals surface area contributed by atoms with Gasteiger partial charge >= 0.3 is 5.97 Å². The molecule has 0 bridgehead atoms. The summed E-state index contributed by atoms with van der Waals surface area (Å²) in [4.78, 5) is 13.6. The third kappa shape index (κ3) is 3.86. The number of aromatic nitrogens is 1.